The first-order chi connectivity index (χ1) is 13.7. The number of fused-ring (bicyclic) bond motifs is 1. The number of piperidine rings is 1. The molecule has 2 saturated heterocycles. The van der Waals surface area contributed by atoms with Gasteiger partial charge in [-0.2, -0.15) is 0 Å². The zero-order chi connectivity index (χ0) is 21.0. The first-order valence-electron chi connectivity index (χ1n) is 10.3. The molecule has 1 aromatic rings. The third kappa shape index (κ3) is 6.03. The van der Waals surface area contributed by atoms with Gasteiger partial charge in [0, 0.05) is 26.2 Å². The monoisotopic (exact) mass is 401 g/mol. The largest absolute Gasteiger partial charge is 0.390 e. The lowest BCUT2D eigenvalue weighted by Crippen LogP contribution is -2.45. The number of likely N-dealkylation sites (tertiary alicyclic amines) is 2. The van der Waals surface area contributed by atoms with Gasteiger partial charge in [-0.15, -0.1) is 0 Å². The van der Waals surface area contributed by atoms with Crippen molar-refractivity contribution in [2.75, 3.05) is 32.7 Å². The molecule has 2 N–H and O–H groups in total. The van der Waals surface area contributed by atoms with Gasteiger partial charge in [0.25, 0.3) is 0 Å². The van der Waals surface area contributed by atoms with Gasteiger partial charge in [-0.05, 0) is 37.7 Å². The molecule has 2 fully saturated rings. The molecule has 29 heavy (non-hydrogen) atoms. The molecule has 7 heteroatoms. The summed E-state index contributed by atoms with van der Waals surface area (Å²) in [5.41, 5.74) is -0.0933. The fourth-order valence-corrected chi connectivity index (χ4v) is 4.21. The molecule has 3 amide bonds. The van der Waals surface area contributed by atoms with E-state index in [1.807, 2.05) is 40.1 Å². The molecule has 0 aliphatic carbocycles. The maximum absolute atomic E-state index is 12.5. The summed E-state index contributed by atoms with van der Waals surface area (Å²) in [6.07, 6.45) is 1.24. The van der Waals surface area contributed by atoms with Gasteiger partial charge in [-0.1, -0.05) is 30.3 Å². The molecule has 3 rings (SSSR count). The molecule has 2 aliphatic heterocycles. The van der Waals surface area contributed by atoms with Crippen molar-refractivity contribution in [3.8, 4) is 0 Å². The second-order valence-electron chi connectivity index (χ2n) is 8.88. The van der Waals surface area contributed by atoms with Gasteiger partial charge < -0.3 is 20.2 Å². The van der Waals surface area contributed by atoms with Crippen LogP contribution in [0.4, 0.5) is 0 Å². The van der Waals surface area contributed by atoms with Crippen LogP contribution in [0.15, 0.2) is 30.3 Å². The van der Waals surface area contributed by atoms with Crippen LogP contribution in [0.3, 0.4) is 0 Å². The Bertz CT molecular complexity index is 744. The third-order valence-corrected chi connectivity index (χ3v) is 5.73. The minimum absolute atomic E-state index is 0.00640. The highest BCUT2D eigenvalue weighted by atomic mass is 16.3. The molecule has 7 nitrogen and oxygen atoms in total. The molecular formula is C22H31N3O4. The van der Waals surface area contributed by atoms with Crippen molar-refractivity contribution in [1.29, 1.82) is 0 Å². The highest BCUT2D eigenvalue weighted by molar-refractivity contribution is 5.86. The molecule has 2 heterocycles. The number of nitrogens with one attached hydrogen (secondary N) is 1. The van der Waals surface area contributed by atoms with Gasteiger partial charge in [0.1, 0.15) is 0 Å². The minimum Gasteiger partial charge on any atom is -0.390 e. The van der Waals surface area contributed by atoms with Crippen LogP contribution in [0.1, 0.15) is 32.3 Å². The molecule has 0 spiro atoms. The second kappa shape index (κ2) is 8.95. The summed E-state index contributed by atoms with van der Waals surface area (Å²) in [4.78, 5) is 40.6. The minimum atomic E-state index is -1.01. The van der Waals surface area contributed by atoms with Crippen LogP contribution in [-0.2, 0) is 20.8 Å². The van der Waals surface area contributed by atoms with E-state index in [1.54, 1.807) is 13.8 Å². The van der Waals surface area contributed by atoms with E-state index in [1.165, 1.54) is 0 Å². The van der Waals surface area contributed by atoms with E-state index in [0.29, 0.717) is 32.1 Å². The number of hydrogen-bond donors (Lipinski definition) is 2. The van der Waals surface area contributed by atoms with E-state index in [4.69, 9.17) is 0 Å². The summed E-state index contributed by atoms with van der Waals surface area (Å²) in [5, 5.41) is 12.6. The van der Waals surface area contributed by atoms with Gasteiger partial charge in [-0.25, -0.2) is 0 Å². The molecule has 0 radical (unpaired) electrons. The van der Waals surface area contributed by atoms with Crippen molar-refractivity contribution in [1.82, 2.24) is 15.1 Å². The standard InChI is InChI=1S/C22H31N3O4/c1-22(2,29)11-20(27)24-9-8-17-13-25(15-18(17)14-24)21(28)12-23-19(26)10-16-6-4-3-5-7-16/h3-7,17-18,29H,8-15H2,1-2H3,(H,23,26). The number of aliphatic hydroxyl groups is 1. The van der Waals surface area contributed by atoms with Crippen molar-refractivity contribution >= 4 is 17.7 Å². The van der Waals surface area contributed by atoms with E-state index in [2.05, 4.69) is 5.32 Å². The third-order valence-electron chi connectivity index (χ3n) is 5.73. The molecule has 2 aliphatic rings. The number of carbonyl (C=O) groups excluding carboxylic acids is 3. The Morgan fingerprint density at radius 1 is 1.03 bits per heavy atom. The zero-order valence-corrected chi connectivity index (χ0v) is 17.3. The van der Waals surface area contributed by atoms with E-state index in [0.717, 1.165) is 12.0 Å². The summed E-state index contributed by atoms with van der Waals surface area (Å²) in [6, 6.07) is 9.44. The van der Waals surface area contributed by atoms with Crippen LogP contribution in [-0.4, -0.2) is 71.0 Å². The Kier molecular flexibility index (Phi) is 6.57. The average molecular weight is 402 g/mol. The summed E-state index contributed by atoms with van der Waals surface area (Å²) >= 11 is 0. The lowest BCUT2D eigenvalue weighted by atomic mass is 9.88. The van der Waals surface area contributed by atoms with Crippen LogP contribution in [0.25, 0.3) is 0 Å². The van der Waals surface area contributed by atoms with E-state index in [9.17, 15) is 19.5 Å². The van der Waals surface area contributed by atoms with Crippen LogP contribution in [0.2, 0.25) is 0 Å². The van der Waals surface area contributed by atoms with Gasteiger partial charge in [0.2, 0.25) is 17.7 Å². The first kappa shape index (κ1) is 21.3. The summed E-state index contributed by atoms with van der Waals surface area (Å²) in [6.45, 7) is 5.89. The van der Waals surface area contributed by atoms with Gasteiger partial charge in [0.05, 0.1) is 25.0 Å². The van der Waals surface area contributed by atoms with Crippen LogP contribution < -0.4 is 5.32 Å². The topological polar surface area (TPSA) is 89.9 Å². The van der Waals surface area contributed by atoms with Crippen molar-refractivity contribution < 1.29 is 19.5 Å². The quantitative estimate of drug-likeness (QED) is 0.738. The second-order valence-corrected chi connectivity index (χ2v) is 8.88. The molecule has 0 saturated carbocycles. The van der Waals surface area contributed by atoms with E-state index >= 15 is 0 Å². The Hall–Kier alpha value is -2.41. The smallest absolute Gasteiger partial charge is 0.241 e. The van der Waals surface area contributed by atoms with Crippen LogP contribution in [0, 0.1) is 11.8 Å². The Morgan fingerprint density at radius 3 is 2.38 bits per heavy atom. The maximum atomic E-state index is 12.5. The number of carbonyl (C=O) groups is 3. The molecule has 0 aromatic heterocycles. The summed E-state index contributed by atoms with van der Waals surface area (Å²) < 4.78 is 0. The van der Waals surface area contributed by atoms with Crippen molar-refractivity contribution in [2.24, 2.45) is 11.8 Å². The summed E-state index contributed by atoms with van der Waals surface area (Å²) in [7, 11) is 0. The van der Waals surface area contributed by atoms with E-state index < -0.39 is 5.60 Å². The fraction of sp³-hybridized carbons (Fsp3) is 0.591. The van der Waals surface area contributed by atoms with E-state index in [-0.39, 0.29) is 43.0 Å². The Labute approximate surface area is 172 Å². The highest BCUT2D eigenvalue weighted by Crippen LogP contribution is 2.31. The van der Waals surface area contributed by atoms with Gasteiger partial charge >= 0.3 is 0 Å². The molecule has 0 bridgehead atoms. The highest BCUT2D eigenvalue weighted by Gasteiger charge is 2.40. The Balaban J connectivity index is 1.44. The van der Waals surface area contributed by atoms with Crippen molar-refractivity contribution in [3.05, 3.63) is 35.9 Å². The van der Waals surface area contributed by atoms with Crippen molar-refractivity contribution in [2.45, 2.75) is 38.7 Å². The molecule has 158 valence electrons. The zero-order valence-electron chi connectivity index (χ0n) is 17.3. The number of amides is 3. The fourth-order valence-electron chi connectivity index (χ4n) is 4.21. The molecular weight excluding hydrogens is 370 g/mol. The van der Waals surface area contributed by atoms with Gasteiger partial charge in [-0.3, -0.25) is 14.4 Å². The normalized spacial score (nSPS) is 21.6. The first-order valence-corrected chi connectivity index (χ1v) is 10.3. The SMILES string of the molecule is CC(C)(O)CC(=O)N1CCC2CN(C(=O)CNC(=O)Cc3ccccc3)CC2C1. The molecule has 2 atom stereocenters. The van der Waals surface area contributed by atoms with Crippen LogP contribution in [0.5, 0.6) is 0 Å². The number of hydrogen-bond acceptors (Lipinski definition) is 4. The summed E-state index contributed by atoms with van der Waals surface area (Å²) in [5.74, 6) is 0.386. The van der Waals surface area contributed by atoms with Crippen LogP contribution >= 0.6 is 0 Å². The lowest BCUT2D eigenvalue weighted by Gasteiger charge is -2.35. The Morgan fingerprint density at radius 2 is 1.69 bits per heavy atom. The van der Waals surface area contributed by atoms with Gasteiger partial charge in [0.15, 0.2) is 0 Å². The molecule has 1 aromatic carbocycles. The average Bonchev–Trinajstić information content (AvgIpc) is 3.09. The number of nitrogens with zero attached hydrogens (tertiary/aromatic N) is 2. The maximum Gasteiger partial charge on any atom is 0.241 e. The number of benzene rings is 1. The predicted octanol–water partition coefficient (Wildman–Crippen LogP) is 0.813. The predicted molar refractivity (Wildman–Crippen MR) is 109 cm³/mol. The molecule has 2 unspecified atom stereocenters. The lowest BCUT2D eigenvalue weighted by molar-refractivity contribution is -0.137. The number of rotatable bonds is 6. The van der Waals surface area contributed by atoms with Crippen molar-refractivity contribution in [3.63, 3.8) is 0 Å².